The zero-order valence-corrected chi connectivity index (χ0v) is 15.0. The summed E-state index contributed by atoms with van der Waals surface area (Å²) in [6, 6.07) is 9.32. The van der Waals surface area contributed by atoms with Gasteiger partial charge in [0.25, 0.3) is 0 Å². The second-order valence-corrected chi connectivity index (χ2v) is 5.80. The van der Waals surface area contributed by atoms with Crippen LogP contribution in [-0.4, -0.2) is 25.8 Å². The first-order valence-electron chi connectivity index (χ1n) is 7.87. The zero-order chi connectivity index (χ0) is 17.9. The molecule has 0 saturated carbocycles. The van der Waals surface area contributed by atoms with Crippen LogP contribution in [0.4, 0.5) is 0 Å². The highest BCUT2D eigenvalue weighted by molar-refractivity contribution is 6.30. The summed E-state index contributed by atoms with van der Waals surface area (Å²) in [5, 5.41) is 13.2. The van der Waals surface area contributed by atoms with Gasteiger partial charge in [0.05, 0.1) is 6.61 Å². The van der Waals surface area contributed by atoms with E-state index in [-0.39, 0.29) is 18.1 Å². The number of hydrogen-bond donors (Lipinski definition) is 1. The summed E-state index contributed by atoms with van der Waals surface area (Å²) in [7, 11) is 0. The zero-order valence-electron chi connectivity index (χ0n) is 14.3. The second-order valence-electron chi connectivity index (χ2n) is 5.37. The van der Waals surface area contributed by atoms with Crippen molar-refractivity contribution in [3.8, 4) is 6.07 Å². The van der Waals surface area contributed by atoms with Gasteiger partial charge in [0, 0.05) is 23.9 Å². The maximum atomic E-state index is 12.1. The molecule has 1 aromatic carbocycles. The Balaban J connectivity index is 2.80. The van der Waals surface area contributed by atoms with E-state index in [2.05, 4.69) is 5.32 Å². The molecule has 0 amide bonds. The molecular formula is C18H23ClN2O3. The summed E-state index contributed by atoms with van der Waals surface area (Å²) >= 11 is 5.87. The van der Waals surface area contributed by atoms with Crippen LogP contribution < -0.4 is 5.32 Å². The molecule has 1 N–H and O–H groups in total. The van der Waals surface area contributed by atoms with Crippen molar-refractivity contribution in [3.63, 3.8) is 0 Å². The van der Waals surface area contributed by atoms with Crippen molar-refractivity contribution < 1.29 is 14.3 Å². The molecule has 0 unspecified atom stereocenters. The number of ether oxygens (including phenoxy) is 2. The van der Waals surface area contributed by atoms with Gasteiger partial charge in [-0.05, 0) is 30.5 Å². The lowest BCUT2D eigenvalue weighted by atomic mass is 10.0. The van der Waals surface area contributed by atoms with Crippen LogP contribution in [0.2, 0.25) is 5.02 Å². The molecule has 0 fully saturated rings. The first-order valence-corrected chi connectivity index (χ1v) is 8.24. The minimum Gasteiger partial charge on any atom is -0.459 e. The van der Waals surface area contributed by atoms with Gasteiger partial charge in [-0.1, -0.05) is 37.6 Å². The van der Waals surface area contributed by atoms with E-state index in [1.165, 1.54) is 0 Å². The van der Waals surface area contributed by atoms with Gasteiger partial charge in [0.1, 0.15) is 12.7 Å². The van der Waals surface area contributed by atoms with Gasteiger partial charge in [0.15, 0.2) is 5.57 Å². The molecule has 130 valence electrons. The molecule has 0 aliphatic carbocycles. The summed E-state index contributed by atoms with van der Waals surface area (Å²) in [6.45, 7) is 7.17. The quantitative estimate of drug-likeness (QED) is 0.319. The maximum absolute atomic E-state index is 12.1. The van der Waals surface area contributed by atoms with Crippen LogP contribution in [0.5, 0.6) is 0 Å². The van der Waals surface area contributed by atoms with E-state index < -0.39 is 5.97 Å². The smallest absolute Gasteiger partial charge is 0.350 e. The molecule has 0 aromatic heterocycles. The van der Waals surface area contributed by atoms with Gasteiger partial charge >= 0.3 is 5.97 Å². The summed E-state index contributed by atoms with van der Waals surface area (Å²) in [5.41, 5.74) is 1.56. The van der Waals surface area contributed by atoms with Crippen molar-refractivity contribution in [3.05, 3.63) is 46.1 Å². The van der Waals surface area contributed by atoms with Gasteiger partial charge < -0.3 is 14.8 Å². The van der Waals surface area contributed by atoms with Crippen LogP contribution in [0, 0.1) is 17.2 Å². The molecule has 0 aliphatic heterocycles. The largest absolute Gasteiger partial charge is 0.459 e. The van der Waals surface area contributed by atoms with E-state index in [0.29, 0.717) is 30.5 Å². The average molecular weight is 351 g/mol. The molecule has 0 heterocycles. The third-order valence-corrected chi connectivity index (χ3v) is 3.48. The molecule has 24 heavy (non-hydrogen) atoms. The van der Waals surface area contributed by atoms with E-state index in [1.54, 1.807) is 12.1 Å². The first-order chi connectivity index (χ1) is 11.5. The van der Waals surface area contributed by atoms with Crippen LogP contribution in [-0.2, 0) is 20.8 Å². The normalized spacial score (nSPS) is 11.7. The number of hydrogen-bond acceptors (Lipinski definition) is 5. The van der Waals surface area contributed by atoms with E-state index in [9.17, 15) is 10.1 Å². The lowest BCUT2D eigenvalue weighted by Crippen LogP contribution is -2.23. The first kappa shape index (κ1) is 20.0. The van der Waals surface area contributed by atoms with Crippen molar-refractivity contribution in [1.29, 1.82) is 5.26 Å². The van der Waals surface area contributed by atoms with Crippen LogP contribution >= 0.6 is 11.6 Å². The fourth-order valence-electron chi connectivity index (χ4n) is 2.01. The van der Waals surface area contributed by atoms with E-state index in [4.69, 9.17) is 21.1 Å². The van der Waals surface area contributed by atoms with Crippen molar-refractivity contribution in [2.45, 2.75) is 27.3 Å². The summed E-state index contributed by atoms with van der Waals surface area (Å²) in [6.07, 6.45) is 0. The standard InChI is InChI=1S/C18H23ClN2O3/c1-4-23-9-10-24-18(22)16(11-20)17(13(2)3)21-12-14-5-7-15(19)8-6-14/h5-8,13,21H,4,9-10,12H2,1-3H3/b17-16+. The predicted octanol–water partition coefficient (Wildman–Crippen LogP) is 3.44. The number of rotatable bonds is 9. The Morgan fingerprint density at radius 3 is 2.50 bits per heavy atom. The Hall–Kier alpha value is -2.03. The van der Waals surface area contributed by atoms with Crippen molar-refractivity contribution in [2.24, 2.45) is 5.92 Å². The minimum atomic E-state index is -0.635. The molecule has 0 saturated heterocycles. The lowest BCUT2D eigenvalue weighted by Gasteiger charge is -2.16. The Morgan fingerprint density at radius 1 is 1.29 bits per heavy atom. The highest BCUT2D eigenvalue weighted by Gasteiger charge is 2.19. The molecular weight excluding hydrogens is 328 g/mol. The molecule has 1 rings (SSSR count). The van der Waals surface area contributed by atoms with Crippen molar-refractivity contribution >= 4 is 17.6 Å². The highest BCUT2D eigenvalue weighted by Crippen LogP contribution is 2.15. The monoisotopic (exact) mass is 350 g/mol. The third kappa shape index (κ3) is 6.61. The van der Waals surface area contributed by atoms with Crippen LogP contribution in [0.15, 0.2) is 35.5 Å². The number of nitrogens with zero attached hydrogens (tertiary/aromatic N) is 1. The molecule has 0 spiro atoms. The number of benzene rings is 1. The molecule has 0 bridgehead atoms. The van der Waals surface area contributed by atoms with E-state index >= 15 is 0 Å². The fourth-order valence-corrected chi connectivity index (χ4v) is 2.13. The number of carbonyl (C=O) groups excluding carboxylic acids is 1. The Kier molecular flexibility index (Phi) is 8.92. The average Bonchev–Trinajstić information content (AvgIpc) is 2.56. The van der Waals surface area contributed by atoms with Gasteiger partial charge in [-0.25, -0.2) is 4.79 Å². The SMILES string of the molecule is CCOCCOC(=O)/C(C#N)=C(/NCc1ccc(Cl)cc1)C(C)C. The van der Waals surface area contributed by atoms with Gasteiger partial charge in [-0.3, -0.25) is 0 Å². The van der Waals surface area contributed by atoms with Gasteiger partial charge in [0.2, 0.25) is 0 Å². The van der Waals surface area contributed by atoms with Crippen molar-refractivity contribution in [2.75, 3.05) is 19.8 Å². The number of esters is 1. The summed E-state index contributed by atoms with van der Waals surface area (Å²) < 4.78 is 10.2. The molecule has 0 radical (unpaired) electrons. The lowest BCUT2D eigenvalue weighted by molar-refractivity contribution is -0.140. The molecule has 6 heteroatoms. The van der Waals surface area contributed by atoms with Crippen molar-refractivity contribution in [1.82, 2.24) is 5.32 Å². The second kappa shape index (κ2) is 10.7. The van der Waals surface area contributed by atoms with Crippen LogP contribution in [0.25, 0.3) is 0 Å². The number of allylic oxidation sites excluding steroid dienone is 1. The van der Waals surface area contributed by atoms with Crippen LogP contribution in [0.1, 0.15) is 26.3 Å². The van der Waals surface area contributed by atoms with Gasteiger partial charge in [-0.15, -0.1) is 0 Å². The fraction of sp³-hybridized carbons (Fsp3) is 0.444. The summed E-state index contributed by atoms with van der Waals surface area (Å²) in [4.78, 5) is 12.1. The van der Waals surface area contributed by atoms with Crippen LogP contribution in [0.3, 0.4) is 0 Å². The number of nitriles is 1. The maximum Gasteiger partial charge on any atom is 0.350 e. The van der Waals surface area contributed by atoms with E-state index in [0.717, 1.165) is 5.56 Å². The topological polar surface area (TPSA) is 71.3 Å². The van der Waals surface area contributed by atoms with Gasteiger partial charge in [-0.2, -0.15) is 5.26 Å². The van der Waals surface area contributed by atoms with E-state index in [1.807, 2.05) is 39.0 Å². The third-order valence-electron chi connectivity index (χ3n) is 3.22. The Bertz CT molecular complexity index is 604. The minimum absolute atomic E-state index is 0.00420. The molecule has 1 aromatic rings. The number of carbonyl (C=O) groups is 1. The molecule has 0 aliphatic rings. The molecule has 0 atom stereocenters. The highest BCUT2D eigenvalue weighted by atomic mass is 35.5. The number of nitrogens with one attached hydrogen (secondary N) is 1. The predicted molar refractivity (Wildman–Crippen MR) is 93.2 cm³/mol. The summed E-state index contributed by atoms with van der Waals surface area (Å²) in [5.74, 6) is -0.657. The number of halogens is 1. The Labute approximate surface area is 148 Å². The Morgan fingerprint density at radius 2 is 1.96 bits per heavy atom. The molecule has 5 nitrogen and oxygen atoms in total.